The summed E-state index contributed by atoms with van der Waals surface area (Å²) in [7, 11) is 1.37. The van der Waals surface area contributed by atoms with E-state index in [4.69, 9.17) is 5.11 Å². The molecular weight excluding hydrogens is 218 g/mol. The van der Waals surface area contributed by atoms with Gasteiger partial charge in [0.15, 0.2) is 6.04 Å². The van der Waals surface area contributed by atoms with Crippen LogP contribution in [0, 0.1) is 0 Å². The SMILES string of the molecule is COCC(O)C[C@@H](O)C(NC(C)=O)C(=O)O. The van der Waals surface area contributed by atoms with E-state index in [1.165, 1.54) is 7.11 Å². The van der Waals surface area contributed by atoms with Crippen LogP contribution in [-0.2, 0) is 14.3 Å². The van der Waals surface area contributed by atoms with Gasteiger partial charge in [0.25, 0.3) is 0 Å². The number of rotatable bonds is 7. The van der Waals surface area contributed by atoms with Gasteiger partial charge in [0.2, 0.25) is 5.91 Å². The van der Waals surface area contributed by atoms with Crippen LogP contribution < -0.4 is 5.32 Å². The standard InChI is InChI=1S/C9H17NO6/c1-5(11)10-8(9(14)15)7(13)3-6(12)4-16-2/h6-8,12-13H,3-4H2,1-2H3,(H,10,11)(H,14,15)/t6?,7-,8?/m1/s1. The molecule has 0 fully saturated rings. The van der Waals surface area contributed by atoms with Gasteiger partial charge in [0.05, 0.1) is 18.8 Å². The highest BCUT2D eigenvalue weighted by atomic mass is 16.5. The molecule has 0 heterocycles. The number of methoxy groups -OCH3 is 1. The van der Waals surface area contributed by atoms with E-state index in [0.717, 1.165) is 6.92 Å². The summed E-state index contributed by atoms with van der Waals surface area (Å²) in [5.41, 5.74) is 0. The van der Waals surface area contributed by atoms with Gasteiger partial charge in [0.1, 0.15) is 0 Å². The smallest absolute Gasteiger partial charge is 0.328 e. The topological polar surface area (TPSA) is 116 Å². The van der Waals surface area contributed by atoms with E-state index in [-0.39, 0.29) is 13.0 Å². The Morgan fingerprint density at radius 3 is 2.31 bits per heavy atom. The predicted octanol–water partition coefficient (Wildman–Crippen LogP) is -1.67. The lowest BCUT2D eigenvalue weighted by Gasteiger charge is -2.21. The van der Waals surface area contributed by atoms with Crippen molar-refractivity contribution >= 4 is 11.9 Å². The number of amides is 1. The number of carboxylic acids is 1. The molecule has 0 aromatic rings. The predicted molar refractivity (Wildman–Crippen MR) is 53.7 cm³/mol. The molecule has 16 heavy (non-hydrogen) atoms. The summed E-state index contributed by atoms with van der Waals surface area (Å²) < 4.78 is 4.63. The Labute approximate surface area is 93.0 Å². The molecule has 1 amide bonds. The minimum Gasteiger partial charge on any atom is -0.480 e. The maximum absolute atomic E-state index is 10.7. The molecule has 0 spiro atoms. The van der Waals surface area contributed by atoms with Crippen molar-refractivity contribution in [3.05, 3.63) is 0 Å². The zero-order valence-electron chi connectivity index (χ0n) is 9.21. The number of carboxylic acid groups (broad SMARTS) is 1. The first kappa shape index (κ1) is 14.8. The van der Waals surface area contributed by atoms with Gasteiger partial charge in [-0.1, -0.05) is 0 Å². The van der Waals surface area contributed by atoms with E-state index in [1.807, 2.05) is 0 Å². The Kier molecular flexibility index (Phi) is 6.63. The van der Waals surface area contributed by atoms with Crippen LogP contribution in [0.2, 0.25) is 0 Å². The molecule has 0 aliphatic rings. The van der Waals surface area contributed by atoms with Crippen molar-refractivity contribution in [2.24, 2.45) is 0 Å². The number of hydrogen-bond donors (Lipinski definition) is 4. The van der Waals surface area contributed by atoms with Gasteiger partial charge >= 0.3 is 5.97 Å². The second-order valence-electron chi connectivity index (χ2n) is 3.43. The average molecular weight is 235 g/mol. The highest BCUT2D eigenvalue weighted by Crippen LogP contribution is 2.04. The van der Waals surface area contributed by atoms with Crippen molar-refractivity contribution in [3.8, 4) is 0 Å². The van der Waals surface area contributed by atoms with Crippen molar-refractivity contribution in [2.45, 2.75) is 31.6 Å². The fourth-order valence-corrected chi connectivity index (χ4v) is 1.22. The lowest BCUT2D eigenvalue weighted by atomic mass is 10.0. The summed E-state index contributed by atoms with van der Waals surface area (Å²) in [5, 5.41) is 29.6. The van der Waals surface area contributed by atoms with E-state index in [2.05, 4.69) is 10.1 Å². The zero-order valence-corrected chi connectivity index (χ0v) is 9.21. The van der Waals surface area contributed by atoms with Crippen LogP contribution >= 0.6 is 0 Å². The van der Waals surface area contributed by atoms with Crippen molar-refractivity contribution < 1.29 is 29.6 Å². The fourth-order valence-electron chi connectivity index (χ4n) is 1.22. The largest absolute Gasteiger partial charge is 0.480 e. The van der Waals surface area contributed by atoms with E-state index < -0.39 is 30.1 Å². The van der Waals surface area contributed by atoms with Crippen LogP contribution in [0.4, 0.5) is 0 Å². The van der Waals surface area contributed by atoms with Gasteiger partial charge in [-0.2, -0.15) is 0 Å². The Hall–Kier alpha value is -1.18. The maximum atomic E-state index is 10.7. The number of aliphatic hydroxyl groups is 2. The molecule has 0 aromatic heterocycles. The van der Waals surface area contributed by atoms with Gasteiger partial charge in [-0.05, 0) is 0 Å². The molecule has 3 atom stereocenters. The maximum Gasteiger partial charge on any atom is 0.328 e. The molecule has 0 aliphatic carbocycles. The lowest BCUT2D eigenvalue weighted by Crippen LogP contribution is -2.49. The molecule has 0 bridgehead atoms. The highest BCUT2D eigenvalue weighted by Gasteiger charge is 2.28. The van der Waals surface area contributed by atoms with Crippen LogP contribution in [0.5, 0.6) is 0 Å². The fraction of sp³-hybridized carbons (Fsp3) is 0.778. The van der Waals surface area contributed by atoms with E-state index in [1.54, 1.807) is 0 Å². The number of nitrogens with one attached hydrogen (secondary N) is 1. The van der Waals surface area contributed by atoms with Crippen LogP contribution in [-0.4, -0.2) is 59.2 Å². The highest BCUT2D eigenvalue weighted by molar-refractivity contribution is 5.82. The Morgan fingerprint density at radius 2 is 1.94 bits per heavy atom. The minimum absolute atomic E-state index is 0.0104. The third kappa shape index (κ3) is 5.64. The second kappa shape index (κ2) is 7.15. The number of ether oxygens (including phenoxy) is 1. The zero-order chi connectivity index (χ0) is 12.7. The Balaban J connectivity index is 4.32. The molecule has 0 rings (SSSR count). The van der Waals surface area contributed by atoms with Gasteiger partial charge in [-0.3, -0.25) is 4.79 Å². The number of carbonyl (C=O) groups excluding carboxylic acids is 1. The number of aliphatic hydroxyl groups excluding tert-OH is 2. The van der Waals surface area contributed by atoms with E-state index in [0.29, 0.717) is 0 Å². The monoisotopic (exact) mass is 235 g/mol. The molecule has 7 nitrogen and oxygen atoms in total. The van der Waals surface area contributed by atoms with Gasteiger partial charge in [-0.15, -0.1) is 0 Å². The van der Waals surface area contributed by atoms with Crippen molar-refractivity contribution in [3.63, 3.8) is 0 Å². The molecule has 0 saturated heterocycles. The summed E-state index contributed by atoms with van der Waals surface area (Å²) in [6.07, 6.45) is -2.53. The number of carbonyl (C=O) groups is 2. The molecule has 7 heteroatoms. The van der Waals surface area contributed by atoms with Crippen molar-refractivity contribution in [2.75, 3.05) is 13.7 Å². The first-order valence-electron chi connectivity index (χ1n) is 4.73. The second-order valence-corrected chi connectivity index (χ2v) is 3.43. The van der Waals surface area contributed by atoms with Gasteiger partial charge in [-0.25, -0.2) is 4.79 Å². The minimum atomic E-state index is -1.43. The van der Waals surface area contributed by atoms with Crippen LogP contribution in [0.1, 0.15) is 13.3 Å². The first-order valence-corrected chi connectivity index (χ1v) is 4.73. The van der Waals surface area contributed by atoms with Gasteiger partial charge < -0.3 is 25.4 Å². The molecule has 0 aliphatic heterocycles. The van der Waals surface area contributed by atoms with Gasteiger partial charge in [0, 0.05) is 20.5 Å². The molecule has 0 saturated carbocycles. The Morgan fingerprint density at radius 1 is 1.38 bits per heavy atom. The number of aliphatic carboxylic acids is 1. The summed E-state index contributed by atoms with van der Waals surface area (Å²) in [6.45, 7) is 1.14. The van der Waals surface area contributed by atoms with Crippen LogP contribution in [0.25, 0.3) is 0 Å². The molecule has 4 N–H and O–H groups in total. The Bertz CT molecular complexity index is 244. The normalized spacial score (nSPS) is 16.2. The molecule has 0 radical (unpaired) electrons. The van der Waals surface area contributed by atoms with E-state index in [9.17, 15) is 19.8 Å². The molecule has 94 valence electrons. The number of hydrogen-bond acceptors (Lipinski definition) is 5. The summed E-state index contributed by atoms with van der Waals surface area (Å²) in [5.74, 6) is -1.92. The van der Waals surface area contributed by atoms with Crippen LogP contribution in [0.3, 0.4) is 0 Å². The first-order chi connectivity index (χ1) is 7.38. The van der Waals surface area contributed by atoms with E-state index >= 15 is 0 Å². The lowest BCUT2D eigenvalue weighted by molar-refractivity contribution is -0.145. The van der Waals surface area contributed by atoms with Crippen LogP contribution in [0.15, 0.2) is 0 Å². The van der Waals surface area contributed by atoms with Crippen molar-refractivity contribution in [1.82, 2.24) is 5.32 Å². The third-order valence-electron chi connectivity index (χ3n) is 1.88. The average Bonchev–Trinajstić information content (AvgIpc) is 2.13. The van der Waals surface area contributed by atoms with Crippen molar-refractivity contribution in [1.29, 1.82) is 0 Å². The summed E-state index contributed by atoms with van der Waals surface area (Å²) >= 11 is 0. The third-order valence-corrected chi connectivity index (χ3v) is 1.88. The molecular formula is C9H17NO6. The summed E-state index contributed by atoms with van der Waals surface area (Å²) in [4.78, 5) is 21.4. The molecule has 0 aromatic carbocycles. The molecule has 2 unspecified atom stereocenters. The quantitative estimate of drug-likeness (QED) is 0.419. The summed E-state index contributed by atoms with van der Waals surface area (Å²) in [6, 6.07) is -1.43.